The molecule has 0 amide bonds. The van der Waals surface area contributed by atoms with Crippen LogP contribution in [0.2, 0.25) is 0 Å². The third-order valence-electron chi connectivity index (χ3n) is 15.3. The highest BCUT2D eigenvalue weighted by atomic mass is 15.0. The van der Waals surface area contributed by atoms with Crippen molar-refractivity contribution in [2.75, 3.05) is 0 Å². The van der Waals surface area contributed by atoms with Crippen LogP contribution >= 0.6 is 0 Å². The maximum Gasteiger partial charge on any atom is 0.187 e. The van der Waals surface area contributed by atoms with E-state index in [0.29, 0.717) is 23.2 Å². The molecule has 0 saturated heterocycles. The number of para-hydroxylation sites is 2. The van der Waals surface area contributed by atoms with Crippen molar-refractivity contribution < 1.29 is 0 Å². The standard InChI is InChI=1S/C72H48N6/c1-46-18-10-12-24-56(46)51-32-39-68-62(43-51)58-26-14-16-28-64(58)77(68)66-38-34-53(42-60(66)48-30-36-55(73-3)37-31-48)61-45-54(72-75-70(49-20-6-4-7-21-49)74-71(76-72)50-22-8-5-9-23-50)35-41-67(61)78-65-29-17-15-27-59(65)63-44-52(33-40-69(63)78)57-25-13-11-19-47(57)2/h4-45H,1-2H3. The van der Waals surface area contributed by atoms with Crippen molar-refractivity contribution in [3.8, 4) is 90.0 Å². The largest absolute Gasteiger partial charge is 0.309 e. The molecule has 0 unspecified atom stereocenters. The van der Waals surface area contributed by atoms with E-state index < -0.39 is 0 Å². The monoisotopic (exact) mass is 996 g/mol. The highest BCUT2D eigenvalue weighted by Crippen LogP contribution is 2.44. The van der Waals surface area contributed by atoms with Gasteiger partial charge in [0.25, 0.3) is 0 Å². The lowest BCUT2D eigenvalue weighted by Crippen LogP contribution is -2.02. The summed E-state index contributed by atoms with van der Waals surface area (Å²) in [5, 5.41) is 4.70. The molecule has 6 nitrogen and oxygen atoms in total. The minimum atomic E-state index is 0.572. The lowest BCUT2D eigenvalue weighted by Gasteiger charge is -2.19. The van der Waals surface area contributed by atoms with Gasteiger partial charge in [-0.2, -0.15) is 0 Å². The van der Waals surface area contributed by atoms with E-state index in [2.05, 4.69) is 210 Å². The minimum Gasteiger partial charge on any atom is -0.309 e. The number of hydrogen-bond acceptors (Lipinski definition) is 3. The van der Waals surface area contributed by atoms with Gasteiger partial charge in [-0.15, -0.1) is 0 Å². The zero-order chi connectivity index (χ0) is 52.3. The van der Waals surface area contributed by atoms with Crippen LogP contribution < -0.4 is 0 Å². The Morgan fingerprint density at radius 1 is 0.295 bits per heavy atom. The summed E-state index contributed by atoms with van der Waals surface area (Å²) in [6, 6.07) is 90.1. The van der Waals surface area contributed by atoms with Crippen molar-refractivity contribution in [2.45, 2.75) is 13.8 Å². The van der Waals surface area contributed by atoms with Gasteiger partial charge in [-0.3, -0.25) is 0 Å². The van der Waals surface area contributed by atoms with E-state index in [4.69, 9.17) is 21.5 Å². The summed E-state index contributed by atoms with van der Waals surface area (Å²) in [6.07, 6.45) is 0. The summed E-state index contributed by atoms with van der Waals surface area (Å²) in [6.45, 7) is 12.2. The van der Waals surface area contributed by atoms with E-state index in [1.807, 2.05) is 72.8 Å². The number of benzene rings is 11. The molecule has 0 aliphatic rings. The molecular formula is C72H48N6. The number of rotatable bonds is 9. The smallest absolute Gasteiger partial charge is 0.187 e. The number of nitrogens with zero attached hydrogens (tertiary/aromatic N) is 6. The van der Waals surface area contributed by atoms with Crippen LogP contribution in [0.15, 0.2) is 255 Å². The molecule has 0 aliphatic heterocycles. The summed E-state index contributed by atoms with van der Waals surface area (Å²) in [7, 11) is 0. The maximum absolute atomic E-state index is 7.89. The molecule has 11 aromatic carbocycles. The summed E-state index contributed by atoms with van der Waals surface area (Å²) in [4.78, 5) is 19.3. The lowest BCUT2D eigenvalue weighted by molar-refractivity contribution is 1.07. The van der Waals surface area contributed by atoms with E-state index in [1.54, 1.807) is 0 Å². The molecule has 0 radical (unpaired) electrons. The Morgan fingerprint density at radius 3 is 1.17 bits per heavy atom. The second kappa shape index (κ2) is 19.0. The summed E-state index contributed by atoms with van der Waals surface area (Å²) >= 11 is 0. The van der Waals surface area contributed by atoms with Crippen molar-refractivity contribution in [3.63, 3.8) is 0 Å². The van der Waals surface area contributed by atoms with Crippen LogP contribution in [0.25, 0.3) is 139 Å². The zero-order valence-corrected chi connectivity index (χ0v) is 42.9. The Morgan fingerprint density at radius 2 is 0.667 bits per heavy atom. The van der Waals surface area contributed by atoms with E-state index >= 15 is 0 Å². The van der Waals surface area contributed by atoms with Gasteiger partial charge in [0.1, 0.15) is 0 Å². The zero-order valence-electron chi connectivity index (χ0n) is 42.9. The molecule has 3 aromatic heterocycles. The van der Waals surface area contributed by atoms with Crippen molar-refractivity contribution in [1.82, 2.24) is 24.1 Å². The Labute approximate surface area is 452 Å². The number of hydrogen-bond donors (Lipinski definition) is 0. The van der Waals surface area contributed by atoms with Gasteiger partial charge in [0.05, 0.1) is 40.0 Å². The molecule has 0 spiro atoms. The van der Waals surface area contributed by atoms with Crippen molar-refractivity contribution in [3.05, 3.63) is 277 Å². The first-order valence-electron chi connectivity index (χ1n) is 26.3. The fraction of sp³-hybridized carbons (Fsp3) is 0.0278. The molecule has 78 heavy (non-hydrogen) atoms. The van der Waals surface area contributed by atoms with Gasteiger partial charge in [0.2, 0.25) is 0 Å². The van der Waals surface area contributed by atoms with Crippen LogP contribution in [0.5, 0.6) is 0 Å². The van der Waals surface area contributed by atoms with E-state index in [1.165, 1.54) is 54.9 Å². The normalized spacial score (nSPS) is 11.4. The minimum absolute atomic E-state index is 0.572. The van der Waals surface area contributed by atoms with E-state index in [9.17, 15) is 0 Å². The van der Waals surface area contributed by atoms with E-state index in [0.717, 1.165) is 72.4 Å². The van der Waals surface area contributed by atoms with Crippen molar-refractivity contribution in [2.24, 2.45) is 0 Å². The topological polar surface area (TPSA) is 52.9 Å². The van der Waals surface area contributed by atoms with Crippen molar-refractivity contribution in [1.29, 1.82) is 0 Å². The molecule has 0 atom stereocenters. The number of aryl methyl sites for hydroxylation is 2. The molecule has 0 aliphatic carbocycles. The predicted molar refractivity (Wildman–Crippen MR) is 322 cm³/mol. The van der Waals surface area contributed by atoms with Gasteiger partial charge >= 0.3 is 0 Å². The second-order valence-corrected chi connectivity index (χ2v) is 20.0. The molecule has 366 valence electrons. The molecule has 6 heteroatoms. The second-order valence-electron chi connectivity index (χ2n) is 20.0. The van der Waals surface area contributed by atoms with Gasteiger partial charge in [0.15, 0.2) is 23.2 Å². The first-order valence-corrected chi connectivity index (χ1v) is 26.3. The number of fused-ring (bicyclic) bond motifs is 6. The number of aromatic nitrogens is 5. The SMILES string of the molecule is [C-]#[N+]c1ccc(-c2cc(-c3cc(-c4nc(-c5ccccc5)nc(-c5ccccc5)n4)ccc3-n3c4ccccc4c4cc(-c5ccccc5C)ccc43)ccc2-n2c3ccccc3c3cc(-c4ccccc4C)ccc32)cc1. The highest BCUT2D eigenvalue weighted by molar-refractivity contribution is 6.12. The molecule has 14 aromatic rings. The van der Waals surface area contributed by atoms with Crippen LogP contribution in [0.4, 0.5) is 5.69 Å². The van der Waals surface area contributed by atoms with Crippen LogP contribution in [0.3, 0.4) is 0 Å². The van der Waals surface area contributed by atoms with Crippen molar-refractivity contribution >= 4 is 49.3 Å². The summed E-state index contributed by atoms with van der Waals surface area (Å²) in [5.41, 5.74) is 21.0. The van der Waals surface area contributed by atoms with Gasteiger partial charge < -0.3 is 9.13 Å². The van der Waals surface area contributed by atoms with Crippen LogP contribution in [-0.4, -0.2) is 24.1 Å². The molecule has 14 rings (SSSR count). The highest BCUT2D eigenvalue weighted by Gasteiger charge is 2.23. The summed E-state index contributed by atoms with van der Waals surface area (Å²) < 4.78 is 4.83. The Hall–Kier alpha value is -10.5. The average molecular weight is 997 g/mol. The third-order valence-corrected chi connectivity index (χ3v) is 15.3. The fourth-order valence-corrected chi connectivity index (χ4v) is 11.5. The molecule has 0 fully saturated rings. The molecule has 0 bridgehead atoms. The fourth-order valence-electron chi connectivity index (χ4n) is 11.5. The molecular weight excluding hydrogens is 949 g/mol. The van der Waals surface area contributed by atoms with E-state index in [-0.39, 0.29) is 0 Å². The van der Waals surface area contributed by atoms with Gasteiger partial charge in [-0.1, -0.05) is 188 Å². The predicted octanol–water partition coefficient (Wildman–Crippen LogP) is 18.9. The first-order chi connectivity index (χ1) is 38.5. The molecule has 3 heterocycles. The first kappa shape index (κ1) is 46.1. The maximum atomic E-state index is 7.89. The molecule has 0 saturated carbocycles. The third kappa shape index (κ3) is 7.92. The Bertz CT molecular complexity index is 4640. The quantitative estimate of drug-likeness (QED) is 0.135. The molecule has 0 N–H and O–H groups in total. The average Bonchev–Trinajstić information content (AvgIpc) is 4.15. The van der Waals surface area contributed by atoms with Gasteiger partial charge in [-0.25, -0.2) is 19.8 Å². The Balaban J connectivity index is 1.04. The van der Waals surface area contributed by atoms with Gasteiger partial charge in [0, 0.05) is 49.4 Å². The van der Waals surface area contributed by atoms with Crippen LogP contribution in [-0.2, 0) is 0 Å². The van der Waals surface area contributed by atoms with Crippen LogP contribution in [0.1, 0.15) is 11.1 Å². The van der Waals surface area contributed by atoms with Gasteiger partial charge in [-0.05, 0) is 125 Å². The summed E-state index contributed by atoms with van der Waals surface area (Å²) in [5.74, 6) is 1.77. The lowest BCUT2D eigenvalue weighted by atomic mass is 9.94. The van der Waals surface area contributed by atoms with Crippen LogP contribution in [0, 0.1) is 20.4 Å². The Kier molecular flexibility index (Phi) is 11.2.